The van der Waals surface area contributed by atoms with E-state index in [2.05, 4.69) is 6.92 Å². The van der Waals surface area contributed by atoms with Crippen molar-refractivity contribution in [1.29, 1.82) is 0 Å². The van der Waals surface area contributed by atoms with Crippen LogP contribution in [0.3, 0.4) is 0 Å². The van der Waals surface area contributed by atoms with Crippen molar-refractivity contribution in [2.75, 3.05) is 26.2 Å². The minimum atomic E-state index is -0.0245. The molecule has 1 saturated carbocycles. The molecule has 2 amide bonds. The van der Waals surface area contributed by atoms with Gasteiger partial charge in [0, 0.05) is 31.6 Å². The van der Waals surface area contributed by atoms with Crippen LogP contribution in [0.1, 0.15) is 26.2 Å². The van der Waals surface area contributed by atoms with Crippen molar-refractivity contribution < 1.29 is 9.59 Å². The molecule has 0 aromatic rings. The van der Waals surface area contributed by atoms with E-state index in [1.165, 1.54) is 0 Å². The summed E-state index contributed by atoms with van der Waals surface area (Å²) in [5, 5.41) is 0. The molecule has 1 saturated heterocycles. The maximum atomic E-state index is 12.1. The molecule has 0 N–H and O–H groups in total. The van der Waals surface area contributed by atoms with Crippen molar-refractivity contribution in [3.05, 3.63) is 0 Å². The Balaban J connectivity index is 1.90. The Morgan fingerprint density at radius 2 is 1.87 bits per heavy atom. The molecule has 0 spiro atoms. The molecule has 15 heavy (non-hydrogen) atoms. The fourth-order valence-electron chi connectivity index (χ4n) is 2.24. The summed E-state index contributed by atoms with van der Waals surface area (Å²) in [5.74, 6) is 0.315. The Morgan fingerprint density at radius 3 is 2.27 bits per heavy atom. The molecule has 4 heteroatoms. The van der Waals surface area contributed by atoms with Gasteiger partial charge in [0.1, 0.15) is 0 Å². The molecule has 1 aliphatic heterocycles. The van der Waals surface area contributed by atoms with Gasteiger partial charge in [-0.2, -0.15) is 0 Å². The number of carbonyl (C=O) groups excluding carboxylic acids is 2. The molecule has 0 bridgehead atoms. The summed E-state index contributed by atoms with van der Waals surface area (Å²) >= 11 is 0. The number of nitrogens with zero attached hydrogens (tertiary/aromatic N) is 2. The molecule has 0 aromatic heterocycles. The van der Waals surface area contributed by atoms with Gasteiger partial charge in [0.2, 0.25) is 12.3 Å². The van der Waals surface area contributed by atoms with E-state index in [-0.39, 0.29) is 5.41 Å². The fourth-order valence-corrected chi connectivity index (χ4v) is 2.24. The van der Waals surface area contributed by atoms with E-state index in [9.17, 15) is 9.59 Å². The first-order valence-electron chi connectivity index (χ1n) is 5.70. The summed E-state index contributed by atoms with van der Waals surface area (Å²) in [4.78, 5) is 26.3. The van der Waals surface area contributed by atoms with Gasteiger partial charge in [-0.25, -0.2) is 0 Å². The summed E-state index contributed by atoms with van der Waals surface area (Å²) in [6.45, 7) is 4.88. The van der Waals surface area contributed by atoms with Gasteiger partial charge in [0.05, 0.1) is 0 Å². The molecule has 2 rings (SSSR count). The van der Waals surface area contributed by atoms with Crippen LogP contribution in [0, 0.1) is 5.41 Å². The second-order valence-electron chi connectivity index (χ2n) is 4.57. The molecule has 0 unspecified atom stereocenters. The van der Waals surface area contributed by atoms with E-state index in [4.69, 9.17) is 0 Å². The predicted molar refractivity (Wildman–Crippen MR) is 56.2 cm³/mol. The molecule has 4 nitrogen and oxygen atoms in total. The summed E-state index contributed by atoms with van der Waals surface area (Å²) in [5.41, 5.74) is -0.0245. The van der Waals surface area contributed by atoms with Crippen molar-refractivity contribution in [1.82, 2.24) is 9.80 Å². The van der Waals surface area contributed by atoms with Gasteiger partial charge in [-0.3, -0.25) is 9.59 Å². The third kappa shape index (κ3) is 1.85. The molecule has 0 atom stereocenters. The lowest BCUT2D eigenvalue weighted by molar-refractivity contribution is -0.140. The second kappa shape index (κ2) is 3.83. The van der Waals surface area contributed by atoms with Crippen LogP contribution in [0.2, 0.25) is 0 Å². The Labute approximate surface area is 90.2 Å². The van der Waals surface area contributed by atoms with E-state index >= 15 is 0 Å². The Bertz CT molecular complexity index is 266. The van der Waals surface area contributed by atoms with E-state index in [0.717, 1.165) is 25.7 Å². The van der Waals surface area contributed by atoms with E-state index in [1.54, 1.807) is 4.90 Å². The highest BCUT2D eigenvalue weighted by Gasteiger charge is 2.50. The van der Waals surface area contributed by atoms with Gasteiger partial charge in [0.15, 0.2) is 0 Å². The van der Waals surface area contributed by atoms with Crippen LogP contribution < -0.4 is 0 Å². The molecule has 2 aliphatic rings. The van der Waals surface area contributed by atoms with Crippen LogP contribution >= 0.6 is 0 Å². The average Bonchev–Trinajstić information content (AvgIpc) is 3.09. The molecule has 0 aromatic carbocycles. The number of piperazine rings is 1. The van der Waals surface area contributed by atoms with Gasteiger partial charge in [-0.1, -0.05) is 6.92 Å². The SMILES string of the molecule is CCC1(C(=O)N2CCN(C=O)CC2)CC1. The quantitative estimate of drug-likeness (QED) is 0.636. The third-order valence-corrected chi connectivity index (χ3v) is 3.73. The number of carbonyl (C=O) groups is 2. The van der Waals surface area contributed by atoms with Crippen molar-refractivity contribution in [3.8, 4) is 0 Å². The average molecular weight is 210 g/mol. The van der Waals surface area contributed by atoms with Crippen molar-refractivity contribution in [2.24, 2.45) is 5.41 Å². The first kappa shape index (κ1) is 10.5. The molecule has 0 radical (unpaired) electrons. The zero-order valence-corrected chi connectivity index (χ0v) is 9.24. The number of rotatable bonds is 3. The second-order valence-corrected chi connectivity index (χ2v) is 4.57. The number of hydrogen-bond donors (Lipinski definition) is 0. The Morgan fingerprint density at radius 1 is 1.27 bits per heavy atom. The minimum Gasteiger partial charge on any atom is -0.342 e. The largest absolute Gasteiger partial charge is 0.342 e. The van der Waals surface area contributed by atoms with Crippen LogP contribution in [0.5, 0.6) is 0 Å². The van der Waals surface area contributed by atoms with Crippen molar-refractivity contribution >= 4 is 12.3 Å². The third-order valence-electron chi connectivity index (χ3n) is 3.73. The highest BCUT2D eigenvalue weighted by Crippen LogP contribution is 2.50. The Hall–Kier alpha value is -1.06. The van der Waals surface area contributed by atoms with Gasteiger partial charge >= 0.3 is 0 Å². The summed E-state index contributed by atoms with van der Waals surface area (Å²) in [7, 11) is 0. The van der Waals surface area contributed by atoms with Crippen LogP contribution in [0.15, 0.2) is 0 Å². The Kier molecular flexibility index (Phi) is 2.67. The summed E-state index contributed by atoms with van der Waals surface area (Å²) in [6.07, 6.45) is 3.93. The summed E-state index contributed by atoms with van der Waals surface area (Å²) in [6, 6.07) is 0. The lowest BCUT2D eigenvalue weighted by atomic mass is 10.0. The standard InChI is InChI=1S/C11H18N2O2/c1-2-11(3-4-11)10(15)13-7-5-12(9-14)6-8-13/h9H,2-8H2,1H3. The fraction of sp³-hybridized carbons (Fsp3) is 0.818. The lowest BCUT2D eigenvalue weighted by Crippen LogP contribution is -2.50. The van der Waals surface area contributed by atoms with E-state index < -0.39 is 0 Å². The van der Waals surface area contributed by atoms with Gasteiger partial charge in [-0.05, 0) is 19.3 Å². The molecule has 1 heterocycles. The smallest absolute Gasteiger partial charge is 0.228 e. The highest BCUT2D eigenvalue weighted by molar-refractivity contribution is 5.85. The number of amides is 2. The first-order chi connectivity index (χ1) is 7.22. The molecular weight excluding hydrogens is 192 g/mol. The number of hydrogen-bond acceptors (Lipinski definition) is 2. The lowest BCUT2D eigenvalue weighted by Gasteiger charge is -2.34. The first-order valence-corrected chi connectivity index (χ1v) is 5.70. The molecule has 84 valence electrons. The van der Waals surface area contributed by atoms with Crippen LogP contribution in [-0.4, -0.2) is 48.3 Å². The molecule has 2 fully saturated rings. The van der Waals surface area contributed by atoms with Gasteiger partial charge in [-0.15, -0.1) is 0 Å². The van der Waals surface area contributed by atoms with Crippen LogP contribution in [0.4, 0.5) is 0 Å². The molecule has 1 aliphatic carbocycles. The van der Waals surface area contributed by atoms with Crippen LogP contribution in [0.25, 0.3) is 0 Å². The maximum Gasteiger partial charge on any atom is 0.228 e. The van der Waals surface area contributed by atoms with E-state index in [1.807, 2.05) is 4.90 Å². The zero-order chi connectivity index (χ0) is 10.9. The van der Waals surface area contributed by atoms with E-state index in [0.29, 0.717) is 32.1 Å². The topological polar surface area (TPSA) is 40.6 Å². The minimum absolute atomic E-state index is 0.0245. The monoisotopic (exact) mass is 210 g/mol. The van der Waals surface area contributed by atoms with Gasteiger partial charge < -0.3 is 9.80 Å². The maximum absolute atomic E-state index is 12.1. The predicted octanol–water partition coefficient (Wildman–Crippen LogP) is 0.477. The van der Waals surface area contributed by atoms with Gasteiger partial charge in [0.25, 0.3) is 0 Å². The highest BCUT2D eigenvalue weighted by atomic mass is 16.2. The zero-order valence-electron chi connectivity index (χ0n) is 9.24. The van der Waals surface area contributed by atoms with Crippen molar-refractivity contribution in [2.45, 2.75) is 26.2 Å². The summed E-state index contributed by atoms with van der Waals surface area (Å²) < 4.78 is 0. The van der Waals surface area contributed by atoms with Crippen molar-refractivity contribution in [3.63, 3.8) is 0 Å². The molecular formula is C11H18N2O2. The normalized spacial score (nSPS) is 23.8. The van der Waals surface area contributed by atoms with Crippen LogP contribution in [-0.2, 0) is 9.59 Å².